The Morgan fingerprint density at radius 3 is 3.00 bits per heavy atom. The Balaban J connectivity index is 1.71. The van der Waals surface area contributed by atoms with Gasteiger partial charge in [-0.2, -0.15) is 0 Å². The van der Waals surface area contributed by atoms with Gasteiger partial charge in [0.25, 0.3) is 0 Å². The minimum atomic E-state index is 0.253. The summed E-state index contributed by atoms with van der Waals surface area (Å²) >= 11 is 0. The van der Waals surface area contributed by atoms with E-state index in [2.05, 4.69) is 34.6 Å². The fourth-order valence-corrected chi connectivity index (χ4v) is 2.52. The van der Waals surface area contributed by atoms with Crippen LogP contribution in [0.3, 0.4) is 0 Å². The normalized spacial score (nSPS) is 16.7. The standard InChI is InChI=1S/C16H21N3/c17-11-16(19-9-7-12-3-4-12)14-5-6-15-13(10-14)2-1-8-18-15/h1-2,5-6,8,10,12,16,19H,3-4,7,9,11,17H2. The highest BCUT2D eigenvalue weighted by atomic mass is 14.9. The van der Waals surface area contributed by atoms with Crippen molar-refractivity contribution in [2.45, 2.75) is 25.3 Å². The zero-order chi connectivity index (χ0) is 13.1. The summed E-state index contributed by atoms with van der Waals surface area (Å²) in [5.41, 5.74) is 8.21. The number of fused-ring (bicyclic) bond motifs is 1. The maximum Gasteiger partial charge on any atom is 0.0702 e. The van der Waals surface area contributed by atoms with Crippen molar-refractivity contribution in [3.05, 3.63) is 42.1 Å². The number of nitrogens with two attached hydrogens (primary N) is 1. The molecule has 3 rings (SSSR count). The molecule has 2 aromatic rings. The molecule has 3 nitrogen and oxygen atoms in total. The Bertz CT molecular complexity index is 548. The summed E-state index contributed by atoms with van der Waals surface area (Å²) in [5.74, 6) is 0.965. The quantitative estimate of drug-likeness (QED) is 0.834. The first kappa shape index (κ1) is 12.6. The molecule has 1 atom stereocenters. The van der Waals surface area contributed by atoms with Gasteiger partial charge in [-0.25, -0.2) is 0 Å². The number of nitrogens with one attached hydrogen (secondary N) is 1. The van der Waals surface area contributed by atoms with E-state index in [0.29, 0.717) is 6.54 Å². The van der Waals surface area contributed by atoms with E-state index in [0.717, 1.165) is 18.0 Å². The highest BCUT2D eigenvalue weighted by Gasteiger charge is 2.21. The topological polar surface area (TPSA) is 50.9 Å². The van der Waals surface area contributed by atoms with Gasteiger partial charge in [0.1, 0.15) is 0 Å². The third-order valence-electron chi connectivity index (χ3n) is 3.91. The molecule has 1 heterocycles. The maximum atomic E-state index is 5.90. The van der Waals surface area contributed by atoms with Crippen LogP contribution in [0.5, 0.6) is 0 Å². The number of hydrogen-bond acceptors (Lipinski definition) is 3. The van der Waals surface area contributed by atoms with Crippen LogP contribution in [0.2, 0.25) is 0 Å². The summed E-state index contributed by atoms with van der Waals surface area (Å²) in [5, 5.41) is 4.76. The highest BCUT2D eigenvalue weighted by Crippen LogP contribution is 2.32. The van der Waals surface area contributed by atoms with Crippen molar-refractivity contribution in [2.24, 2.45) is 11.7 Å². The van der Waals surface area contributed by atoms with Crippen molar-refractivity contribution in [3.63, 3.8) is 0 Å². The lowest BCUT2D eigenvalue weighted by Gasteiger charge is -2.17. The van der Waals surface area contributed by atoms with Gasteiger partial charge in [0.05, 0.1) is 5.52 Å². The van der Waals surface area contributed by atoms with Crippen molar-refractivity contribution < 1.29 is 0 Å². The van der Waals surface area contributed by atoms with Gasteiger partial charge in [0.2, 0.25) is 0 Å². The van der Waals surface area contributed by atoms with E-state index in [1.54, 1.807) is 0 Å². The SMILES string of the molecule is NCC(NCCC1CC1)c1ccc2ncccc2c1. The molecule has 3 N–H and O–H groups in total. The monoisotopic (exact) mass is 255 g/mol. The van der Waals surface area contributed by atoms with E-state index in [4.69, 9.17) is 5.73 Å². The summed E-state index contributed by atoms with van der Waals surface area (Å²) in [7, 11) is 0. The van der Waals surface area contributed by atoms with Crippen LogP contribution in [0.25, 0.3) is 10.9 Å². The first-order valence-corrected chi connectivity index (χ1v) is 7.15. The highest BCUT2D eigenvalue weighted by molar-refractivity contribution is 5.79. The lowest BCUT2D eigenvalue weighted by Crippen LogP contribution is -2.29. The van der Waals surface area contributed by atoms with Gasteiger partial charge >= 0.3 is 0 Å². The molecule has 19 heavy (non-hydrogen) atoms. The predicted octanol–water partition coefficient (Wildman–Crippen LogP) is 2.62. The molecule has 0 amide bonds. The molecule has 0 saturated heterocycles. The van der Waals surface area contributed by atoms with Gasteiger partial charge in [-0.15, -0.1) is 0 Å². The molecule has 1 saturated carbocycles. The van der Waals surface area contributed by atoms with Crippen LogP contribution >= 0.6 is 0 Å². The van der Waals surface area contributed by atoms with Gasteiger partial charge in [-0.05, 0) is 42.6 Å². The van der Waals surface area contributed by atoms with E-state index in [1.165, 1.54) is 30.2 Å². The largest absolute Gasteiger partial charge is 0.329 e. The van der Waals surface area contributed by atoms with Crippen LogP contribution in [0, 0.1) is 5.92 Å². The van der Waals surface area contributed by atoms with Gasteiger partial charge in [0, 0.05) is 24.2 Å². The molecule has 1 fully saturated rings. The molecular weight excluding hydrogens is 234 g/mol. The van der Waals surface area contributed by atoms with E-state index >= 15 is 0 Å². The fourth-order valence-electron chi connectivity index (χ4n) is 2.52. The molecule has 1 unspecified atom stereocenters. The lowest BCUT2D eigenvalue weighted by atomic mass is 10.0. The van der Waals surface area contributed by atoms with Crippen molar-refractivity contribution in [3.8, 4) is 0 Å². The molecule has 1 aliphatic rings. The molecule has 100 valence electrons. The summed E-state index contributed by atoms with van der Waals surface area (Å²) in [6.45, 7) is 1.70. The van der Waals surface area contributed by atoms with Crippen LogP contribution in [-0.2, 0) is 0 Å². The lowest BCUT2D eigenvalue weighted by molar-refractivity contribution is 0.516. The average Bonchev–Trinajstić information content (AvgIpc) is 3.27. The van der Waals surface area contributed by atoms with Crippen LogP contribution in [0.4, 0.5) is 0 Å². The number of pyridine rings is 1. The Hall–Kier alpha value is -1.45. The van der Waals surface area contributed by atoms with E-state index in [9.17, 15) is 0 Å². The molecule has 0 bridgehead atoms. The van der Waals surface area contributed by atoms with Gasteiger partial charge < -0.3 is 11.1 Å². The van der Waals surface area contributed by atoms with Crippen LogP contribution in [0.1, 0.15) is 30.9 Å². The summed E-state index contributed by atoms with van der Waals surface area (Å²) in [6, 6.07) is 10.7. The second-order valence-electron chi connectivity index (χ2n) is 5.43. The maximum absolute atomic E-state index is 5.90. The van der Waals surface area contributed by atoms with Crippen molar-refractivity contribution in [2.75, 3.05) is 13.1 Å². The Kier molecular flexibility index (Phi) is 3.76. The van der Waals surface area contributed by atoms with Crippen molar-refractivity contribution in [1.29, 1.82) is 0 Å². The zero-order valence-corrected chi connectivity index (χ0v) is 11.2. The van der Waals surface area contributed by atoms with Gasteiger partial charge in [0.15, 0.2) is 0 Å². The summed E-state index contributed by atoms with van der Waals surface area (Å²) in [6.07, 6.45) is 5.94. The van der Waals surface area contributed by atoms with Crippen LogP contribution < -0.4 is 11.1 Å². The Labute approximate surface area is 114 Å². The molecule has 0 aliphatic heterocycles. The fraction of sp³-hybridized carbons (Fsp3) is 0.438. The van der Waals surface area contributed by atoms with Crippen molar-refractivity contribution in [1.82, 2.24) is 10.3 Å². The van der Waals surface area contributed by atoms with E-state index < -0.39 is 0 Å². The number of hydrogen-bond donors (Lipinski definition) is 2. The molecule has 1 aliphatic carbocycles. The third-order valence-corrected chi connectivity index (χ3v) is 3.91. The second kappa shape index (κ2) is 5.68. The molecule has 1 aromatic heterocycles. The summed E-state index contributed by atoms with van der Waals surface area (Å²) in [4.78, 5) is 4.35. The van der Waals surface area contributed by atoms with Crippen molar-refractivity contribution >= 4 is 10.9 Å². The predicted molar refractivity (Wildman–Crippen MR) is 78.9 cm³/mol. The number of benzene rings is 1. The average molecular weight is 255 g/mol. The first-order valence-electron chi connectivity index (χ1n) is 7.15. The molecule has 0 radical (unpaired) electrons. The number of rotatable bonds is 6. The number of aromatic nitrogens is 1. The third kappa shape index (κ3) is 3.11. The number of nitrogens with zero attached hydrogens (tertiary/aromatic N) is 1. The Morgan fingerprint density at radius 1 is 1.32 bits per heavy atom. The molecule has 0 spiro atoms. The zero-order valence-electron chi connectivity index (χ0n) is 11.2. The van der Waals surface area contributed by atoms with E-state index in [1.807, 2.05) is 12.3 Å². The van der Waals surface area contributed by atoms with Gasteiger partial charge in [-0.1, -0.05) is 25.0 Å². The van der Waals surface area contributed by atoms with E-state index in [-0.39, 0.29) is 6.04 Å². The smallest absolute Gasteiger partial charge is 0.0702 e. The van der Waals surface area contributed by atoms with Crippen LogP contribution in [0.15, 0.2) is 36.5 Å². The van der Waals surface area contributed by atoms with Gasteiger partial charge in [-0.3, -0.25) is 4.98 Å². The molecular formula is C16H21N3. The first-order chi connectivity index (χ1) is 9.36. The Morgan fingerprint density at radius 2 is 2.21 bits per heavy atom. The molecule has 1 aromatic carbocycles. The summed E-state index contributed by atoms with van der Waals surface area (Å²) < 4.78 is 0. The minimum Gasteiger partial charge on any atom is -0.329 e. The second-order valence-corrected chi connectivity index (χ2v) is 5.43. The van der Waals surface area contributed by atoms with Crippen LogP contribution in [-0.4, -0.2) is 18.1 Å². The molecule has 3 heteroatoms. The minimum absolute atomic E-state index is 0.253.